The van der Waals surface area contributed by atoms with Crippen LogP contribution in [-0.2, 0) is 0 Å². The summed E-state index contributed by atoms with van der Waals surface area (Å²) in [6, 6.07) is 10.6. The minimum absolute atomic E-state index is 0.258. The van der Waals surface area contributed by atoms with E-state index >= 15 is 0 Å². The van der Waals surface area contributed by atoms with E-state index in [1.807, 2.05) is 18.2 Å². The number of hydrogen-bond acceptors (Lipinski definition) is 3. The smallest absolute Gasteiger partial charge is 0.291 e. The van der Waals surface area contributed by atoms with Crippen LogP contribution in [0.15, 0.2) is 45.5 Å². The van der Waals surface area contributed by atoms with Crippen molar-refractivity contribution in [1.82, 2.24) is 0 Å². The zero-order valence-electron chi connectivity index (χ0n) is 11.2. The molecule has 0 unspecified atom stereocenters. The SMILES string of the molecule is CCCCOc1cccc(NC(=O)c2ccc(Br)o2)c1. The second-order valence-electron chi connectivity index (χ2n) is 4.29. The predicted octanol–water partition coefficient (Wildman–Crippen LogP) is 4.47. The van der Waals surface area contributed by atoms with Crippen molar-refractivity contribution in [3.05, 3.63) is 46.8 Å². The third-order valence-corrected chi connectivity index (χ3v) is 3.08. The molecule has 106 valence electrons. The van der Waals surface area contributed by atoms with Crippen LogP contribution < -0.4 is 10.1 Å². The minimum atomic E-state index is -0.290. The van der Waals surface area contributed by atoms with Gasteiger partial charge in [0.2, 0.25) is 0 Å². The Bertz CT molecular complexity index is 580. The lowest BCUT2D eigenvalue weighted by Gasteiger charge is -2.08. The van der Waals surface area contributed by atoms with Gasteiger partial charge in [-0.05, 0) is 46.6 Å². The number of rotatable bonds is 6. The van der Waals surface area contributed by atoms with E-state index in [0.717, 1.165) is 18.6 Å². The van der Waals surface area contributed by atoms with Crippen molar-refractivity contribution in [3.63, 3.8) is 0 Å². The van der Waals surface area contributed by atoms with Crippen LogP contribution in [0.5, 0.6) is 5.75 Å². The third-order valence-electron chi connectivity index (χ3n) is 2.66. The van der Waals surface area contributed by atoms with Crippen LogP contribution in [0.25, 0.3) is 0 Å². The number of carbonyl (C=O) groups excluding carboxylic acids is 1. The molecule has 0 spiro atoms. The van der Waals surface area contributed by atoms with Crippen molar-refractivity contribution in [1.29, 1.82) is 0 Å². The number of hydrogen-bond donors (Lipinski definition) is 1. The first kappa shape index (κ1) is 14.7. The summed E-state index contributed by atoms with van der Waals surface area (Å²) in [4.78, 5) is 11.9. The molecule has 0 aliphatic rings. The van der Waals surface area contributed by atoms with E-state index in [0.29, 0.717) is 17.0 Å². The Hall–Kier alpha value is -1.75. The topological polar surface area (TPSA) is 51.5 Å². The van der Waals surface area contributed by atoms with Crippen LogP contribution in [-0.4, -0.2) is 12.5 Å². The standard InChI is InChI=1S/C15H16BrNO3/c1-2-3-9-19-12-6-4-5-11(10-12)17-15(18)13-7-8-14(16)20-13/h4-8,10H,2-3,9H2,1H3,(H,17,18). The van der Waals surface area contributed by atoms with Gasteiger partial charge in [0.05, 0.1) is 6.61 Å². The zero-order valence-corrected chi connectivity index (χ0v) is 12.8. The molecule has 0 aliphatic heterocycles. The number of nitrogens with one attached hydrogen (secondary N) is 1. The first-order chi connectivity index (χ1) is 9.69. The highest BCUT2D eigenvalue weighted by Gasteiger charge is 2.10. The summed E-state index contributed by atoms with van der Waals surface area (Å²) in [6.07, 6.45) is 2.10. The van der Waals surface area contributed by atoms with Gasteiger partial charge in [0, 0.05) is 11.8 Å². The number of benzene rings is 1. The molecule has 1 aromatic heterocycles. The van der Waals surface area contributed by atoms with Gasteiger partial charge in [-0.15, -0.1) is 0 Å². The Morgan fingerprint density at radius 1 is 1.35 bits per heavy atom. The number of carbonyl (C=O) groups is 1. The molecule has 4 nitrogen and oxygen atoms in total. The van der Waals surface area contributed by atoms with Crippen molar-refractivity contribution in [3.8, 4) is 5.75 Å². The molecule has 1 amide bonds. The van der Waals surface area contributed by atoms with E-state index in [4.69, 9.17) is 9.15 Å². The Morgan fingerprint density at radius 2 is 2.20 bits per heavy atom. The molecule has 0 fully saturated rings. The molecule has 5 heteroatoms. The number of amides is 1. The van der Waals surface area contributed by atoms with Gasteiger partial charge in [0.15, 0.2) is 10.4 Å². The van der Waals surface area contributed by atoms with Gasteiger partial charge in [-0.2, -0.15) is 0 Å². The summed E-state index contributed by atoms with van der Waals surface area (Å²) in [5.74, 6) is 0.715. The first-order valence-corrected chi connectivity index (χ1v) is 7.28. The number of ether oxygens (including phenoxy) is 1. The third kappa shape index (κ3) is 4.13. The molecular weight excluding hydrogens is 322 g/mol. The molecule has 1 N–H and O–H groups in total. The molecule has 0 saturated heterocycles. The van der Waals surface area contributed by atoms with Crippen molar-refractivity contribution in [2.24, 2.45) is 0 Å². The van der Waals surface area contributed by atoms with E-state index in [2.05, 4.69) is 28.2 Å². The number of anilines is 1. The summed E-state index contributed by atoms with van der Waals surface area (Å²) in [7, 11) is 0. The summed E-state index contributed by atoms with van der Waals surface area (Å²) >= 11 is 3.17. The van der Waals surface area contributed by atoms with Crippen molar-refractivity contribution in [2.75, 3.05) is 11.9 Å². The van der Waals surface area contributed by atoms with E-state index in [1.54, 1.807) is 18.2 Å². The van der Waals surface area contributed by atoms with Gasteiger partial charge in [-0.25, -0.2) is 0 Å². The van der Waals surface area contributed by atoms with E-state index in [1.165, 1.54) is 0 Å². The molecule has 0 atom stereocenters. The average Bonchev–Trinajstić information content (AvgIpc) is 2.86. The van der Waals surface area contributed by atoms with Gasteiger partial charge < -0.3 is 14.5 Å². The van der Waals surface area contributed by atoms with Crippen LogP contribution >= 0.6 is 15.9 Å². The molecular formula is C15H16BrNO3. The molecule has 0 bridgehead atoms. The summed E-state index contributed by atoms with van der Waals surface area (Å²) in [5.41, 5.74) is 0.677. The highest BCUT2D eigenvalue weighted by atomic mass is 79.9. The quantitative estimate of drug-likeness (QED) is 0.791. The number of halogens is 1. The lowest BCUT2D eigenvalue weighted by molar-refractivity contribution is 0.0995. The predicted molar refractivity (Wildman–Crippen MR) is 81.2 cm³/mol. The number of unbranched alkanes of at least 4 members (excludes halogenated alkanes) is 1. The van der Waals surface area contributed by atoms with Gasteiger partial charge in [-0.3, -0.25) is 4.79 Å². The normalized spacial score (nSPS) is 10.3. The van der Waals surface area contributed by atoms with Gasteiger partial charge in [-0.1, -0.05) is 19.4 Å². The highest BCUT2D eigenvalue weighted by molar-refractivity contribution is 9.10. The molecule has 0 radical (unpaired) electrons. The van der Waals surface area contributed by atoms with Gasteiger partial charge >= 0.3 is 0 Å². The van der Waals surface area contributed by atoms with Crippen LogP contribution in [0.3, 0.4) is 0 Å². The largest absolute Gasteiger partial charge is 0.494 e. The summed E-state index contributed by atoms with van der Waals surface area (Å²) < 4.78 is 11.3. The van der Waals surface area contributed by atoms with Crippen LogP contribution in [0.4, 0.5) is 5.69 Å². The summed E-state index contributed by atoms with van der Waals surface area (Å²) in [6.45, 7) is 2.79. The minimum Gasteiger partial charge on any atom is -0.494 e. The highest BCUT2D eigenvalue weighted by Crippen LogP contribution is 2.20. The molecule has 2 aromatic rings. The van der Waals surface area contributed by atoms with Crippen molar-refractivity contribution < 1.29 is 13.9 Å². The maximum absolute atomic E-state index is 11.9. The van der Waals surface area contributed by atoms with Gasteiger partial charge in [0.25, 0.3) is 5.91 Å². The van der Waals surface area contributed by atoms with E-state index < -0.39 is 0 Å². The molecule has 2 rings (SSSR count). The second kappa shape index (κ2) is 7.14. The van der Waals surface area contributed by atoms with Crippen LogP contribution in [0, 0.1) is 0 Å². The Labute approximate surface area is 126 Å². The van der Waals surface area contributed by atoms with Crippen LogP contribution in [0.2, 0.25) is 0 Å². The van der Waals surface area contributed by atoms with Crippen LogP contribution in [0.1, 0.15) is 30.3 Å². The monoisotopic (exact) mass is 337 g/mol. The molecule has 20 heavy (non-hydrogen) atoms. The summed E-state index contributed by atoms with van der Waals surface area (Å²) in [5, 5.41) is 2.77. The van der Waals surface area contributed by atoms with E-state index in [-0.39, 0.29) is 11.7 Å². The zero-order chi connectivity index (χ0) is 14.4. The molecule has 1 aromatic carbocycles. The average molecular weight is 338 g/mol. The van der Waals surface area contributed by atoms with Crippen molar-refractivity contribution in [2.45, 2.75) is 19.8 Å². The molecule has 1 heterocycles. The lowest BCUT2D eigenvalue weighted by atomic mass is 10.3. The Morgan fingerprint density at radius 3 is 2.90 bits per heavy atom. The molecule has 0 saturated carbocycles. The Kier molecular flexibility index (Phi) is 5.24. The fourth-order valence-electron chi connectivity index (χ4n) is 1.63. The van der Waals surface area contributed by atoms with Crippen molar-refractivity contribution >= 4 is 27.5 Å². The lowest BCUT2D eigenvalue weighted by Crippen LogP contribution is -2.10. The Balaban J connectivity index is 1.98. The maximum Gasteiger partial charge on any atom is 0.291 e. The van der Waals surface area contributed by atoms with E-state index in [9.17, 15) is 4.79 Å². The first-order valence-electron chi connectivity index (χ1n) is 6.48. The molecule has 0 aliphatic carbocycles. The fourth-order valence-corrected chi connectivity index (χ4v) is 1.93. The maximum atomic E-state index is 11.9. The second-order valence-corrected chi connectivity index (χ2v) is 5.07. The fraction of sp³-hybridized carbons (Fsp3) is 0.267. The number of furan rings is 1. The van der Waals surface area contributed by atoms with Gasteiger partial charge in [0.1, 0.15) is 5.75 Å².